The van der Waals surface area contributed by atoms with Crippen LogP contribution < -0.4 is 5.73 Å². The van der Waals surface area contributed by atoms with Gasteiger partial charge in [-0.05, 0) is 38.1 Å². The Morgan fingerprint density at radius 3 is 2.50 bits per heavy atom. The van der Waals surface area contributed by atoms with E-state index in [1.165, 1.54) is 0 Å². The van der Waals surface area contributed by atoms with Gasteiger partial charge in [-0.2, -0.15) is 0 Å². The van der Waals surface area contributed by atoms with Gasteiger partial charge in [-0.3, -0.25) is 4.79 Å². The molecule has 0 bridgehead atoms. The molecule has 2 aliphatic rings. The fourth-order valence-electron chi connectivity index (χ4n) is 3.19. The summed E-state index contributed by atoms with van der Waals surface area (Å²) in [5.41, 5.74) is 5.74. The zero-order valence-electron chi connectivity index (χ0n) is 11.1. The minimum Gasteiger partial charge on any atom is -0.381 e. The maximum Gasteiger partial charge on any atom is 0.226 e. The first-order chi connectivity index (χ1) is 8.26. The summed E-state index contributed by atoms with van der Waals surface area (Å²) in [6.07, 6.45) is 5.61. The van der Waals surface area contributed by atoms with Crippen LogP contribution in [0.15, 0.2) is 0 Å². The molecule has 2 atom stereocenters. The number of carbonyl (C=O) groups excluding carboxylic acids is 1. The van der Waals surface area contributed by atoms with E-state index in [2.05, 4.69) is 0 Å². The summed E-state index contributed by atoms with van der Waals surface area (Å²) in [5.74, 6) is 0.953. The van der Waals surface area contributed by atoms with Crippen LogP contribution in [0.5, 0.6) is 0 Å². The third kappa shape index (κ3) is 3.37. The average molecular weight is 277 g/mol. The molecule has 2 rings (SSSR count). The number of hydrogen-bond acceptors (Lipinski definition) is 3. The summed E-state index contributed by atoms with van der Waals surface area (Å²) in [6.45, 7) is 2.36. The minimum atomic E-state index is 0. The van der Waals surface area contributed by atoms with Gasteiger partial charge >= 0.3 is 0 Å². The molecule has 0 aromatic carbocycles. The van der Waals surface area contributed by atoms with E-state index in [0.29, 0.717) is 24.5 Å². The Kier molecular flexibility index (Phi) is 6.39. The first-order valence-corrected chi connectivity index (χ1v) is 6.78. The highest BCUT2D eigenvalue weighted by Crippen LogP contribution is 2.33. The highest BCUT2D eigenvalue weighted by molar-refractivity contribution is 5.85. The van der Waals surface area contributed by atoms with Crippen molar-refractivity contribution < 1.29 is 9.53 Å². The number of methoxy groups -OCH3 is 1. The van der Waals surface area contributed by atoms with Crippen LogP contribution >= 0.6 is 12.4 Å². The monoisotopic (exact) mass is 276 g/mol. The Labute approximate surface area is 116 Å². The second-order valence-corrected chi connectivity index (χ2v) is 5.29. The summed E-state index contributed by atoms with van der Waals surface area (Å²) in [6, 6.07) is 0. The van der Waals surface area contributed by atoms with E-state index in [1.54, 1.807) is 7.11 Å². The van der Waals surface area contributed by atoms with Crippen molar-refractivity contribution in [3.8, 4) is 0 Å². The first-order valence-electron chi connectivity index (χ1n) is 6.78. The van der Waals surface area contributed by atoms with Gasteiger partial charge in [0.2, 0.25) is 5.91 Å². The lowest BCUT2D eigenvalue weighted by Crippen LogP contribution is -2.44. The van der Waals surface area contributed by atoms with Crippen LogP contribution in [0.1, 0.15) is 32.1 Å². The number of halogens is 1. The number of likely N-dealkylation sites (tertiary alicyclic amines) is 1. The van der Waals surface area contributed by atoms with Gasteiger partial charge in [0.25, 0.3) is 0 Å². The van der Waals surface area contributed by atoms with Crippen molar-refractivity contribution in [3.05, 3.63) is 0 Å². The fraction of sp³-hybridized carbons (Fsp3) is 0.923. The molecule has 0 spiro atoms. The quantitative estimate of drug-likeness (QED) is 0.848. The van der Waals surface area contributed by atoms with Gasteiger partial charge in [0, 0.05) is 26.1 Å². The van der Waals surface area contributed by atoms with E-state index in [0.717, 1.165) is 45.2 Å². The van der Waals surface area contributed by atoms with Crippen LogP contribution in [-0.2, 0) is 9.53 Å². The van der Waals surface area contributed by atoms with Gasteiger partial charge in [0.15, 0.2) is 0 Å². The predicted molar refractivity (Wildman–Crippen MR) is 73.7 cm³/mol. The highest BCUT2D eigenvalue weighted by atomic mass is 35.5. The van der Waals surface area contributed by atoms with Crippen molar-refractivity contribution in [3.63, 3.8) is 0 Å². The Morgan fingerprint density at radius 2 is 1.94 bits per heavy atom. The van der Waals surface area contributed by atoms with E-state index < -0.39 is 0 Å². The maximum absolute atomic E-state index is 12.4. The summed E-state index contributed by atoms with van der Waals surface area (Å²) in [5, 5.41) is 0. The van der Waals surface area contributed by atoms with Crippen molar-refractivity contribution in [2.45, 2.75) is 38.2 Å². The van der Waals surface area contributed by atoms with Gasteiger partial charge < -0.3 is 15.4 Å². The Hall–Kier alpha value is -0.320. The average Bonchev–Trinajstić information content (AvgIpc) is 2.86. The molecule has 1 aliphatic carbocycles. The molecule has 2 N–H and O–H groups in total. The number of nitrogens with zero attached hydrogens (tertiary/aromatic N) is 1. The van der Waals surface area contributed by atoms with E-state index in [-0.39, 0.29) is 18.3 Å². The molecule has 0 unspecified atom stereocenters. The van der Waals surface area contributed by atoms with Gasteiger partial charge in [-0.25, -0.2) is 0 Å². The molecule has 106 valence electrons. The minimum absolute atomic E-state index is 0. The van der Waals surface area contributed by atoms with Crippen LogP contribution in [0.3, 0.4) is 0 Å². The second kappa shape index (κ2) is 7.31. The van der Waals surface area contributed by atoms with E-state index in [1.807, 2.05) is 4.90 Å². The third-order valence-corrected chi connectivity index (χ3v) is 4.37. The predicted octanol–water partition coefficient (Wildman–Crippen LogP) is 1.42. The molecule has 1 heterocycles. The molecular weight excluding hydrogens is 252 g/mol. The van der Waals surface area contributed by atoms with Gasteiger partial charge in [-0.15, -0.1) is 12.4 Å². The second-order valence-electron chi connectivity index (χ2n) is 5.29. The molecular formula is C13H25ClN2O2. The van der Waals surface area contributed by atoms with Gasteiger partial charge in [0.1, 0.15) is 0 Å². The van der Waals surface area contributed by atoms with Crippen molar-refractivity contribution in [1.29, 1.82) is 0 Å². The number of nitrogens with two attached hydrogens (primary N) is 1. The molecule has 4 nitrogen and oxygen atoms in total. The molecule has 5 heteroatoms. The lowest BCUT2D eigenvalue weighted by atomic mass is 9.93. The summed E-state index contributed by atoms with van der Waals surface area (Å²) < 4.78 is 5.33. The Morgan fingerprint density at radius 1 is 1.28 bits per heavy atom. The Bertz CT molecular complexity index is 268. The molecule has 1 amide bonds. The molecule has 1 aliphatic heterocycles. The summed E-state index contributed by atoms with van der Waals surface area (Å²) >= 11 is 0. The fourth-order valence-corrected chi connectivity index (χ4v) is 3.19. The summed E-state index contributed by atoms with van der Waals surface area (Å²) in [7, 11) is 1.75. The topological polar surface area (TPSA) is 55.6 Å². The first kappa shape index (κ1) is 15.7. The Balaban J connectivity index is 0.00000162. The summed E-state index contributed by atoms with van der Waals surface area (Å²) in [4.78, 5) is 14.4. The molecule has 1 saturated heterocycles. The smallest absolute Gasteiger partial charge is 0.226 e. The van der Waals surface area contributed by atoms with Crippen LogP contribution in [-0.4, -0.2) is 43.7 Å². The zero-order chi connectivity index (χ0) is 12.3. The van der Waals surface area contributed by atoms with E-state index in [4.69, 9.17) is 10.5 Å². The number of rotatable bonds is 3. The lowest BCUT2D eigenvalue weighted by Gasteiger charge is -2.34. The van der Waals surface area contributed by atoms with E-state index in [9.17, 15) is 4.79 Å². The SMILES string of the molecule is COC1CCN(C(=O)[C@@H]2CCC[C@@H]2CN)CC1.Cl. The van der Waals surface area contributed by atoms with Gasteiger partial charge in [-0.1, -0.05) is 6.42 Å². The third-order valence-electron chi connectivity index (χ3n) is 4.37. The molecule has 2 fully saturated rings. The zero-order valence-corrected chi connectivity index (χ0v) is 12.0. The number of hydrogen-bond donors (Lipinski definition) is 1. The number of ether oxygens (including phenoxy) is 1. The number of carbonyl (C=O) groups is 1. The van der Waals surface area contributed by atoms with Crippen LogP contribution in [0.2, 0.25) is 0 Å². The number of amides is 1. The van der Waals surface area contributed by atoms with Crippen molar-refractivity contribution >= 4 is 18.3 Å². The van der Waals surface area contributed by atoms with Crippen molar-refractivity contribution in [1.82, 2.24) is 4.90 Å². The normalized spacial score (nSPS) is 29.1. The van der Waals surface area contributed by atoms with Crippen LogP contribution in [0.4, 0.5) is 0 Å². The highest BCUT2D eigenvalue weighted by Gasteiger charge is 2.35. The molecule has 0 aromatic rings. The largest absolute Gasteiger partial charge is 0.381 e. The molecule has 0 radical (unpaired) electrons. The lowest BCUT2D eigenvalue weighted by molar-refractivity contribution is -0.138. The van der Waals surface area contributed by atoms with E-state index >= 15 is 0 Å². The number of piperidine rings is 1. The molecule has 1 saturated carbocycles. The standard InChI is InChI=1S/C13H24N2O2.ClH/c1-17-11-5-7-15(8-6-11)13(16)12-4-2-3-10(12)9-14;/h10-12H,2-9,14H2,1H3;1H/t10-,12-;/m1./s1. The maximum atomic E-state index is 12.4. The van der Waals surface area contributed by atoms with Crippen molar-refractivity contribution in [2.24, 2.45) is 17.6 Å². The molecule has 18 heavy (non-hydrogen) atoms. The van der Waals surface area contributed by atoms with Crippen LogP contribution in [0, 0.1) is 11.8 Å². The van der Waals surface area contributed by atoms with Gasteiger partial charge in [0.05, 0.1) is 6.10 Å². The molecule has 0 aromatic heterocycles. The van der Waals surface area contributed by atoms with Crippen LogP contribution in [0.25, 0.3) is 0 Å². The van der Waals surface area contributed by atoms with Crippen molar-refractivity contribution in [2.75, 3.05) is 26.7 Å².